The van der Waals surface area contributed by atoms with Gasteiger partial charge in [-0.1, -0.05) is 30.8 Å². The number of anilines is 1. The van der Waals surface area contributed by atoms with Gasteiger partial charge in [-0.15, -0.1) is 0 Å². The molecule has 2 rings (SSSR count). The lowest BCUT2D eigenvalue weighted by Gasteiger charge is -2.10. The van der Waals surface area contributed by atoms with Crippen LogP contribution in [0.25, 0.3) is 10.8 Å². The van der Waals surface area contributed by atoms with Crippen molar-refractivity contribution in [1.29, 1.82) is 0 Å². The molecule has 2 amide bonds. The van der Waals surface area contributed by atoms with Gasteiger partial charge in [-0.2, -0.15) is 0 Å². The van der Waals surface area contributed by atoms with E-state index in [0.717, 1.165) is 5.39 Å². The average Bonchev–Trinajstić information content (AvgIpc) is 2.39. The first kappa shape index (κ1) is 13.6. The second kappa shape index (κ2) is 5.44. The maximum atomic E-state index is 11.6. The molecule has 2 aromatic carbocycles. The van der Waals surface area contributed by atoms with Gasteiger partial charge in [-0.05, 0) is 19.1 Å². The van der Waals surface area contributed by atoms with Crippen molar-refractivity contribution in [3.8, 4) is 5.75 Å². The predicted octanol–water partition coefficient (Wildman–Crippen LogP) is 2.81. The van der Waals surface area contributed by atoms with Gasteiger partial charge in [0, 0.05) is 16.3 Å². The van der Waals surface area contributed by atoms with Crippen LogP contribution in [0.4, 0.5) is 10.5 Å². The molecule has 0 unspecified atom stereocenters. The van der Waals surface area contributed by atoms with Gasteiger partial charge in [0.25, 0.3) is 0 Å². The van der Waals surface area contributed by atoms with Crippen molar-refractivity contribution in [2.24, 2.45) is 5.73 Å². The van der Waals surface area contributed by atoms with Crippen molar-refractivity contribution in [3.05, 3.63) is 48.6 Å². The summed E-state index contributed by atoms with van der Waals surface area (Å²) in [6, 6.07) is 9.82. The van der Waals surface area contributed by atoms with Gasteiger partial charge in [0.1, 0.15) is 5.75 Å². The molecular formula is C15H14N2O3. The molecule has 0 radical (unpaired) electrons. The van der Waals surface area contributed by atoms with E-state index in [0.29, 0.717) is 22.4 Å². The molecule has 0 atom stereocenters. The summed E-state index contributed by atoms with van der Waals surface area (Å²) in [6.45, 7) is 5.12. The highest BCUT2D eigenvalue weighted by Gasteiger charge is 2.10. The molecule has 0 saturated heterocycles. The minimum atomic E-state index is -0.651. The fourth-order valence-corrected chi connectivity index (χ4v) is 1.80. The van der Waals surface area contributed by atoms with Crippen LogP contribution in [0.5, 0.6) is 5.75 Å². The largest absolute Gasteiger partial charge is 0.423 e. The first-order valence-corrected chi connectivity index (χ1v) is 5.95. The van der Waals surface area contributed by atoms with Crippen molar-refractivity contribution < 1.29 is 14.3 Å². The number of primary amides is 1. The number of esters is 1. The minimum Gasteiger partial charge on any atom is -0.423 e. The highest BCUT2D eigenvalue weighted by Crippen LogP contribution is 2.31. The van der Waals surface area contributed by atoms with E-state index in [1.165, 1.54) is 0 Å². The summed E-state index contributed by atoms with van der Waals surface area (Å²) < 4.78 is 5.27. The van der Waals surface area contributed by atoms with Gasteiger partial charge in [-0.25, -0.2) is 9.59 Å². The normalized spacial score (nSPS) is 10.1. The van der Waals surface area contributed by atoms with Gasteiger partial charge in [0.15, 0.2) is 0 Å². The number of ether oxygens (including phenoxy) is 1. The molecule has 0 fully saturated rings. The summed E-state index contributed by atoms with van der Waals surface area (Å²) in [4.78, 5) is 22.6. The van der Waals surface area contributed by atoms with E-state index in [1.807, 2.05) is 0 Å². The lowest BCUT2D eigenvalue weighted by atomic mass is 10.1. The van der Waals surface area contributed by atoms with Gasteiger partial charge < -0.3 is 15.8 Å². The molecule has 0 aromatic heterocycles. The third-order valence-electron chi connectivity index (χ3n) is 2.69. The molecule has 0 aliphatic carbocycles. The Morgan fingerprint density at radius 2 is 1.80 bits per heavy atom. The van der Waals surface area contributed by atoms with Crippen molar-refractivity contribution in [1.82, 2.24) is 0 Å². The van der Waals surface area contributed by atoms with Crippen molar-refractivity contribution >= 4 is 28.5 Å². The SMILES string of the molecule is C=C(C)C(=O)Oc1cccc2c(NC(N)=O)cccc12. The Morgan fingerprint density at radius 1 is 1.15 bits per heavy atom. The van der Waals surface area contributed by atoms with Crippen LogP contribution in [0.2, 0.25) is 0 Å². The van der Waals surface area contributed by atoms with E-state index in [2.05, 4.69) is 11.9 Å². The Kier molecular flexibility index (Phi) is 3.70. The summed E-state index contributed by atoms with van der Waals surface area (Å²) in [5.74, 6) is -0.0885. The van der Waals surface area contributed by atoms with Gasteiger partial charge in [-0.3, -0.25) is 0 Å². The number of nitrogens with one attached hydrogen (secondary N) is 1. The average molecular weight is 270 g/mol. The topological polar surface area (TPSA) is 81.4 Å². The molecule has 5 heteroatoms. The van der Waals surface area contributed by atoms with Crippen LogP contribution < -0.4 is 15.8 Å². The van der Waals surface area contributed by atoms with E-state index in [4.69, 9.17) is 10.5 Å². The van der Waals surface area contributed by atoms with Crippen molar-refractivity contribution in [2.75, 3.05) is 5.32 Å². The van der Waals surface area contributed by atoms with E-state index < -0.39 is 12.0 Å². The summed E-state index contributed by atoms with van der Waals surface area (Å²) in [5, 5.41) is 3.97. The molecule has 3 N–H and O–H groups in total. The van der Waals surface area contributed by atoms with E-state index in [1.54, 1.807) is 43.3 Å². The number of nitrogens with two attached hydrogens (primary N) is 1. The second-order valence-electron chi connectivity index (χ2n) is 4.32. The Hall–Kier alpha value is -2.82. The number of hydrogen-bond donors (Lipinski definition) is 2. The molecule has 20 heavy (non-hydrogen) atoms. The van der Waals surface area contributed by atoms with Crippen LogP contribution in [0.1, 0.15) is 6.92 Å². The van der Waals surface area contributed by atoms with E-state index >= 15 is 0 Å². The molecular weight excluding hydrogens is 256 g/mol. The molecule has 0 saturated carbocycles. The maximum absolute atomic E-state index is 11.6. The molecule has 0 aliphatic rings. The Balaban J connectivity index is 2.50. The molecule has 0 aliphatic heterocycles. The molecule has 0 spiro atoms. The number of amides is 2. The molecule has 2 aromatic rings. The zero-order chi connectivity index (χ0) is 14.7. The predicted molar refractivity (Wildman–Crippen MR) is 77.6 cm³/mol. The van der Waals surface area contributed by atoms with Gasteiger partial charge in [0.2, 0.25) is 0 Å². The highest BCUT2D eigenvalue weighted by molar-refractivity contribution is 6.04. The van der Waals surface area contributed by atoms with Crippen LogP contribution in [-0.2, 0) is 4.79 Å². The van der Waals surface area contributed by atoms with Gasteiger partial charge in [0.05, 0.1) is 5.69 Å². The van der Waals surface area contributed by atoms with Crippen LogP contribution in [-0.4, -0.2) is 12.0 Å². The first-order valence-electron chi connectivity index (χ1n) is 5.95. The highest BCUT2D eigenvalue weighted by atomic mass is 16.5. The van der Waals surface area contributed by atoms with Crippen molar-refractivity contribution in [3.63, 3.8) is 0 Å². The maximum Gasteiger partial charge on any atom is 0.338 e. The van der Waals surface area contributed by atoms with E-state index in [-0.39, 0.29) is 0 Å². The zero-order valence-corrected chi connectivity index (χ0v) is 11.0. The summed E-state index contributed by atoms with van der Waals surface area (Å²) in [6.07, 6.45) is 0. The number of hydrogen-bond acceptors (Lipinski definition) is 3. The number of urea groups is 1. The second-order valence-corrected chi connectivity index (χ2v) is 4.32. The fraction of sp³-hybridized carbons (Fsp3) is 0.0667. The standard InChI is InChI=1S/C15H14N2O3/c1-9(2)14(18)20-13-8-4-5-10-11(13)6-3-7-12(10)17-15(16)19/h3-8H,1H2,2H3,(H3,16,17,19). The molecule has 5 nitrogen and oxygen atoms in total. The lowest BCUT2D eigenvalue weighted by molar-refractivity contribution is -0.129. The van der Waals surface area contributed by atoms with E-state index in [9.17, 15) is 9.59 Å². The Bertz CT molecular complexity index is 707. The third-order valence-corrected chi connectivity index (χ3v) is 2.69. The Labute approximate surface area is 116 Å². The number of benzene rings is 2. The summed E-state index contributed by atoms with van der Waals surface area (Å²) in [5.41, 5.74) is 6.00. The van der Waals surface area contributed by atoms with Crippen LogP contribution in [0.3, 0.4) is 0 Å². The molecule has 102 valence electrons. The quantitative estimate of drug-likeness (QED) is 0.511. The van der Waals surface area contributed by atoms with Crippen LogP contribution >= 0.6 is 0 Å². The minimum absolute atomic E-state index is 0.313. The fourth-order valence-electron chi connectivity index (χ4n) is 1.80. The summed E-state index contributed by atoms with van der Waals surface area (Å²) in [7, 11) is 0. The molecule has 0 bridgehead atoms. The first-order chi connectivity index (χ1) is 9.49. The number of carbonyl (C=O) groups excluding carboxylic acids is 2. The zero-order valence-electron chi connectivity index (χ0n) is 11.0. The third kappa shape index (κ3) is 2.77. The van der Waals surface area contributed by atoms with Crippen molar-refractivity contribution in [2.45, 2.75) is 6.92 Å². The monoisotopic (exact) mass is 270 g/mol. The number of fused-ring (bicyclic) bond motifs is 1. The number of rotatable bonds is 3. The lowest BCUT2D eigenvalue weighted by Crippen LogP contribution is -2.19. The summed E-state index contributed by atoms with van der Waals surface area (Å²) >= 11 is 0. The smallest absolute Gasteiger partial charge is 0.338 e. The Morgan fingerprint density at radius 3 is 2.45 bits per heavy atom. The molecule has 0 heterocycles. The number of carbonyl (C=O) groups is 2. The van der Waals surface area contributed by atoms with Gasteiger partial charge >= 0.3 is 12.0 Å². The van der Waals surface area contributed by atoms with Crippen LogP contribution in [0, 0.1) is 0 Å². The van der Waals surface area contributed by atoms with Crippen LogP contribution in [0.15, 0.2) is 48.6 Å².